The first-order valence-electron chi connectivity index (χ1n) is 5.40. The van der Waals surface area contributed by atoms with Gasteiger partial charge in [0.1, 0.15) is 19.9 Å². The highest BCUT2D eigenvalue weighted by Gasteiger charge is 2.18. The van der Waals surface area contributed by atoms with Crippen LogP contribution in [0.3, 0.4) is 0 Å². The van der Waals surface area contributed by atoms with E-state index in [-0.39, 0.29) is 6.42 Å². The summed E-state index contributed by atoms with van der Waals surface area (Å²) in [5.41, 5.74) is 1.17. The highest BCUT2D eigenvalue weighted by molar-refractivity contribution is 5.67. The molecule has 0 unspecified atom stereocenters. The number of hydrogen-bond acceptors (Lipinski definition) is 3. The summed E-state index contributed by atoms with van der Waals surface area (Å²) < 4.78 is 23.5. The van der Waals surface area contributed by atoms with E-state index in [0.29, 0.717) is 42.3 Å². The Morgan fingerprint density at radius 3 is 2.82 bits per heavy atom. The predicted molar refractivity (Wildman–Crippen MR) is 58.2 cm³/mol. The maximum absolute atomic E-state index is 12.7. The van der Waals surface area contributed by atoms with Crippen molar-refractivity contribution < 1.29 is 23.8 Å². The Morgan fingerprint density at radius 1 is 1.35 bits per heavy atom. The lowest BCUT2D eigenvalue weighted by molar-refractivity contribution is -0.136. The van der Waals surface area contributed by atoms with Crippen molar-refractivity contribution in [1.82, 2.24) is 0 Å². The van der Waals surface area contributed by atoms with Crippen LogP contribution in [0.4, 0.5) is 4.39 Å². The highest BCUT2D eigenvalue weighted by Crippen LogP contribution is 2.36. The maximum atomic E-state index is 12.7. The molecule has 0 bridgehead atoms. The topological polar surface area (TPSA) is 55.8 Å². The van der Waals surface area contributed by atoms with Gasteiger partial charge in [-0.15, -0.1) is 0 Å². The summed E-state index contributed by atoms with van der Waals surface area (Å²) in [4.78, 5) is 10.5. The first-order valence-corrected chi connectivity index (χ1v) is 5.40. The summed E-state index contributed by atoms with van der Waals surface area (Å²) in [5, 5.41) is 8.66. The van der Waals surface area contributed by atoms with Gasteiger partial charge >= 0.3 is 5.97 Å². The van der Waals surface area contributed by atoms with Crippen LogP contribution in [0, 0.1) is 0 Å². The zero-order chi connectivity index (χ0) is 12.3. The average Bonchev–Trinajstić information content (AvgIpc) is 2.35. The van der Waals surface area contributed by atoms with Gasteiger partial charge in [-0.1, -0.05) is 0 Å². The van der Waals surface area contributed by atoms with E-state index in [2.05, 4.69) is 0 Å². The minimum Gasteiger partial charge on any atom is -0.486 e. The van der Waals surface area contributed by atoms with Crippen LogP contribution in [0.2, 0.25) is 0 Å². The van der Waals surface area contributed by atoms with Crippen LogP contribution in [-0.4, -0.2) is 24.3 Å². The Labute approximate surface area is 98.0 Å². The molecule has 1 heterocycles. The van der Waals surface area contributed by atoms with Crippen LogP contribution in [-0.2, 0) is 17.9 Å². The zero-order valence-electron chi connectivity index (χ0n) is 9.24. The van der Waals surface area contributed by atoms with E-state index < -0.39 is 12.6 Å². The van der Waals surface area contributed by atoms with Crippen LogP contribution in [0.1, 0.15) is 17.5 Å². The van der Waals surface area contributed by atoms with Gasteiger partial charge in [0.2, 0.25) is 0 Å². The van der Waals surface area contributed by atoms with E-state index in [1.807, 2.05) is 0 Å². The Kier molecular flexibility index (Phi) is 3.46. The van der Waals surface area contributed by atoms with Crippen molar-refractivity contribution in [2.24, 2.45) is 0 Å². The molecule has 0 aromatic heterocycles. The molecule has 1 N–H and O–H groups in total. The molecule has 17 heavy (non-hydrogen) atoms. The second-order valence-electron chi connectivity index (χ2n) is 3.81. The van der Waals surface area contributed by atoms with Gasteiger partial charge in [-0.3, -0.25) is 4.79 Å². The molecule has 0 fully saturated rings. The average molecular weight is 240 g/mol. The molecule has 0 radical (unpaired) electrons. The molecule has 5 heteroatoms. The number of benzene rings is 1. The minimum absolute atomic E-state index is 0.00839. The normalized spacial score (nSPS) is 13.5. The third-order valence-electron chi connectivity index (χ3n) is 2.54. The van der Waals surface area contributed by atoms with Crippen molar-refractivity contribution in [2.75, 3.05) is 13.2 Å². The van der Waals surface area contributed by atoms with Crippen LogP contribution >= 0.6 is 0 Å². The van der Waals surface area contributed by atoms with E-state index >= 15 is 0 Å². The molecule has 0 saturated heterocycles. The minimum atomic E-state index is -0.888. The van der Waals surface area contributed by atoms with Crippen LogP contribution in [0.25, 0.3) is 0 Å². The molecular weight excluding hydrogens is 227 g/mol. The zero-order valence-corrected chi connectivity index (χ0v) is 9.24. The molecular formula is C12H13FO4. The van der Waals surface area contributed by atoms with Crippen LogP contribution in [0.5, 0.6) is 11.5 Å². The molecule has 1 aliphatic heterocycles. The number of carboxylic acid groups (broad SMARTS) is 1. The van der Waals surface area contributed by atoms with Gasteiger partial charge in [-0.25, -0.2) is 4.39 Å². The third kappa shape index (κ3) is 2.67. The van der Waals surface area contributed by atoms with Gasteiger partial charge in [-0.05, 0) is 29.7 Å². The fourth-order valence-corrected chi connectivity index (χ4v) is 1.79. The van der Waals surface area contributed by atoms with Gasteiger partial charge in [0, 0.05) is 6.42 Å². The molecule has 0 spiro atoms. The Morgan fingerprint density at radius 2 is 2.12 bits per heavy atom. The van der Waals surface area contributed by atoms with Gasteiger partial charge in [0.25, 0.3) is 0 Å². The first-order chi connectivity index (χ1) is 8.20. The quantitative estimate of drug-likeness (QED) is 0.873. The van der Waals surface area contributed by atoms with Crippen molar-refractivity contribution in [3.05, 3.63) is 23.3 Å². The van der Waals surface area contributed by atoms with Crippen molar-refractivity contribution in [3.63, 3.8) is 0 Å². The lowest BCUT2D eigenvalue weighted by atomic mass is 10.0. The predicted octanol–water partition coefficient (Wildman–Crippen LogP) is 1.94. The second kappa shape index (κ2) is 5.03. The van der Waals surface area contributed by atoms with Gasteiger partial charge < -0.3 is 14.6 Å². The number of rotatable bonds is 4. The fourth-order valence-electron chi connectivity index (χ4n) is 1.79. The SMILES string of the molecule is O=C(O)CCc1cc(CF)cc2c1OCCO2. The Balaban J connectivity index is 2.30. The second-order valence-corrected chi connectivity index (χ2v) is 3.81. The van der Waals surface area contributed by atoms with Gasteiger partial charge in [0.15, 0.2) is 11.5 Å². The number of aryl methyl sites for hydroxylation is 1. The molecule has 0 atom stereocenters. The molecule has 0 saturated carbocycles. The Bertz CT molecular complexity index is 431. The lowest BCUT2D eigenvalue weighted by Crippen LogP contribution is -2.17. The van der Waals surface area contributed by atoms with E-state index in [1.54, 1.807) is 12.1 Å². The smallest absolute Gasteiger partial charge is 0.303 e. The molecule has 1 aliphatic rings. The number of carbonyl (C=O) groups is 1. The highest BCUT2D eigenvalue weighted by atomic mass is 19.1. The van der Waals surface area contributed by atoms with Crippen LogP contribution < -0.4 is 9.47 Å². The number of halogens is 1. The van der Waals surface area contributed by atoms with Crippen molar-refractivity contribution in [3.8, 4) is 11.5 Å². The summed E-state index contributed by atoms with van der Waals surface area (Å²) in [6.07, 6.45) is 0.306. The third-order valence-corrected chi connectivity index (χ3v) is 2.54. The summed E-state index contributed by atoms with van der Waals surface area (Å²) in [5.74, 6) is 0.169. The number of aliphatic carboxylic acids is 1. The Hall–Kier alpha value is -1.78. The van der Waals surface area contributed by atoms with Gasteiger partial charge in [0.05, 0.1) is 0 Å². The summed E-state index contributed by atoms with van der Waals surface area (Å²) in [7, 11) is 0. The standard InChI is InChI=1S/C12H13FO4/c13-7-8-5-9(1-2-11(14)15)12-10(6-8)16-3-4-17-12/h5-6H,1-4,7H2,(H,14,15). The van der Waals surface area contributed by atoms with E-state index in [4.69, 9.17) is 14.6 Å². The number of hydrogen-bond donors (Lipinski definition) is 1. The molecule has 0 aliphatic carbocycles. The summed E-state index contributed by atoms with van der Waals surface area (Å²) in [6, 6.07) is 3.23. The van der Waals surface area contributed by atoms with Crippen LogP contribution in [0.15, 0.2) is 12.1 Å². The number of ether oxygens (including phenoxy) is 2. The molecule has 0 amide bonds. The van der Waals surface area contributed by atoms with Gasteiger partial charge in [-0.2, -0.15) is 0 Å². The van der Waals surface area contributed by atoms with Crippen molar-refractivity contribution in [1.29, 1.82) is 0 Å². The molecule has 1 aromatic carbocycles. The molecule has 1 aromatic rings. The fraction of sp³-hybridized carbons (Fsp3) is 0.417. The largest absolute Gasteiger partial charge is 0.486 e. The number of alkyl halides is 1. The number of fused-ring (bicyclic) bond motifs is 1. The van der Waals surface area contributed by atoms with E-state index in [1.165, 1.54) is 0 Å². The molecule has 92 valence electrons. The van der Waals surface area contributed by atoms with E-state index in [9.17, 15) is 9.18 Å². The molecule has 2 rings (SSSR count). The first kappa shape index (κ1) is 11.7. The van der Waals surface area contributed by atoms with Crippen molar-refractivity contribution in [2.45, 2.75) is 19.5 Å². The summed E-state index contributed by atoms with van der Waals surface area (Å²) >= 11 is 0. The lowest BCUT2D eigenvalue weighted by Gasteiger charge is -2.21. The maximum Gasteiger partial charge on any atom is 0.303 e. The summed E-state index contributed by atoms with van der Waals surface area (Å²) in [6.45, 7) is 0.264. The molecule has 4 nitrogen and oxygen atoms in total. The van der Waals surface area contributed by atoms with Crippen molar-refractivity contribution >= 4 is 5.97 Å². The monoisotopic (exact) mass is 240 g/mol. The van der Waals surface area contributed by atoms with E-state index in [0.717, 1.165) is 0 Å². The number of carboxylic acids is 1.